The van der Waals surface area contributed by atoms with E-state index in [1.807, 2.05) is 0 Å². The van der Waals surface area contributed by atoms with Crippen molar-refractivity contribution < 1.29 is 19.8 Å². The zero-order chi connectivity index (χ0) is 23.3. The van der Waals surface area contributed by atoms with Gasteiger partial charge >= 0.3 is 11.9 Å². The monoisotopic (exact) mass is 418 g/mol. The fourth-order valence-electron chi connectivity index (χ4n) is 4.74. The number of rotatable bonds is 10. The lowest BCUT2D eigenvalue weighted by atomic mass is 9.80. The van der Waals surface area contributed by atoms with Gasteiger partial charge in [-0.25, -0.2) is 9.59 Å². The van der Waals surface area contributed by atoms with Crippen molar-refractivity contribution in [2.75, 3.05) is 0 Å². The molecule has 2 N–H and O–H groups in total. The number of hydrogen-bond acceptors (Lipinski definition) is 2. The van der Waals surface area contributed by atoms with E-state index >= 15 is 0 Å². The molecule has 0 amide bonds. The second kappa shape index (κ2) is 10.5. The van der Waals surface area contributed by atoms with Gasteiger partial charge in [0.1, 0.15) is 0 Å². The first-order valence-electron chi connectivity index (χ1n) is 11.2. The molecule has 0 bridgehead atoms. The van der Waals surface area contributed by atoms with Crippen LogP contribution in [0.4, 0.5) is 0 Å². The molecule has 30 heavy (non-hydrogen) atoms. The fraction of sp³-hybridized carbons (Fsp3) is 0.692. The molecular weight excluding hydrogens is 376 g/mol. The number of carboxylic acid groups (broad SMARTS) is 2. The van der Waals surface area contributed by atoms with Crippen LogP contribution in [0.15, 0.2) is 12.1 Å². The van der Waals surface area contributed by atoms with Crippen LogP contribution in [0.3, 0.4) is 0 Å². The molecule has 0 spiro atoms. The van der Waals surface area contributed by atoms with Gasteiger partial charge in [0.05, 0.1) is 11.1 Å². The number of carboxylic acids is 2. The van der Waals surface area contributed by atoms with Gasteiger partial charge in [0.25, 0.3) is 0 Å². The van der Waals surface area contributed by atoms with Crippen molar-refractivity contribution in [3.8, 4) is 0 Å². The number of hydrogen-bond donors (Lipinski definition) is 2. The normalized spacial score (nSPS) is 14.4. The third-order valence-corrected chi connectivity index (χ3v) is 5.59. The van der Waals surface area contributed by atoms with E-state index in [2.05, 4.69) is 55.4 Å². The van der Waals surface area contributed by atoms with E-state index in [1.54, 1.807) is 0 Å². The van der Waals surface area contributed by atoms with E-state index in [-0.39, 0.29) is 22.0 Å². The summed E-state index contributed by atoms with van der Waals surface area (Å²) < 4.78 is 0. The van der Waals surface area contributed by atoms with Gasteiger partial charge in [-0.15, -0.1) is 0 Å². The van der Waals surface area contributed by atoms with E-state index in [9.17, 15) is 19.8 Å². The molecule has 170 valence electrons. The van der Waals surface area contributed by atoms with Gasteiger partial charge in [-0.1, -0.05) is 55.4 Å². The van der Waals surface area contributed by atoms with E-state index in [0.717, 1.165) is 25.7 Å². The summed E-state index contributed by atoms with van der Waals surface area (Å²) in [7, 11) is 0. The summed E-state index contributed by atoms with van der Waals surface area (Å²) in [6, 6.07) is 2.94. The van der Waals surface area contributed by atoms with Crippen LogP contribution in [0, 0.1) is 22.7 Å². The Hall–Kier alpha value is -1.84. The zero-order valence-corrected chi connectivity index (χ0v) is 20.3. The minimum Gasteiger partial charge on any atom is -0.478 e. The standard InChI is InChI=1S/C26H42O4/c1-17(15-25(3,4)5)9-11-19-20(12-10-18(2)16-26(6,7)8)22(24(29)30)14-13-21(19)23(27)28/h13-14,17-18H,9-12,15-16H2,1-8H3,(H,27,28)(H,29,30). The number of carbonyl (C=O) groups is 2. The van der Waals surface area contributed by atoms with Crippen LogP contribution >= 0.6 is 0 Å². The molecule has 2 atom stereocenters. The summed E-state index contributed by atoms with van der Waals surface area (Å²) in [6.07, 6.45) is 5.00. The van der Waals surface area contributed by atoms with Crippen molar-refractivity contribution in [1.29, 1.82) is 0 Å². The van der Waals surface area contributed by atoms with Crippen LogP contribution in [0.2, 0.25) is 0 Å². The lowest BCUT2D eigenvalue weighted by Gasteiger charge is -2.25. The van der Waals surface area contributed by atoms with Crippen molar-refractivity contribution in [3.63, 3.8) is 0 Å². The molecule has 0 heterocycles. The number of aromatic carboxylic acids is 2. The maximum Gasteiger partial charge on any atom is 0.335 e. The molecule has 2 unspecified atom stereocenters. The Labute approximate surface area is 183 Å². The first-order valence-corrected chi connectivity index (χ1v) is 11.2. The van der Waals surface area contributed by atoms with Crippen LogP contribution in [-0.2, 0) is 12.8 Å². The molecular formula is C26H42O4. The van der Waals surface area contributed by atoms with Crippen LogP contribution < -0.4 is 0 Å². The first kappa shape index (κ1) is 26.2. The second-order valence-corrected chi connectivity index (χ2v) is 11.5. The van der Waals surface area contributed by atoms with E-state index < -0.39 is 11.9 Å². The average Bonchev–Trinajstić information content (AvgIpc) is 2.54. The van der Waals surface area contributed by atoms with Gasteiger partial charge in [-0.2, -0.15) is 0 Å². The largest absolute Gasteiger partial charge is 0.478 e. The van der Waals surface area contributed by atoms with Crippen LogP contribution in [0.25, 0.3) is 0 Å². The quantitative estimate of drug-likeness (QED) is 0.425. The Bertz CT molecular complexity index is 672. The molecule has 1 rings (SSSR count). The first-order chi connectivity index (χ1) is 13.6. The van der Waals surface area contributed by atoms with Crippen molar-refractivity contribution >= 4 is 11.9 Å². The van der Waals surface area contributed by atoms with E-state index in [0.29, 0.717) is 35.8 Å². The highest BCUT2D eigenvalue weighted by molar-refractivity contribution is 5.95. The molecule has 0 aliphatic carbocycles. The second-order valence-electron chi connectivity index (χ2n) is 11.5. The Morgan fingerprint density at radius 1 is 0.733 bits per heavy atom. The van der Waals surface area contributed by atoms with Crippen molar-refractivity contribution in [3.05, 3.63) is 34.4 Å². The molecule has 1 aromatic carbocycles. The van der Waals surface area contributed by atoms with Crippen molar-refractivity contribution in [1.82, 2.24) is 0 Å². The lowest BCUT2D eigenvalue weighted by Crippen LogP contribution is -2.16. The SMILES string of the molecule is CC(CCc1c(C(=O)O)ccc(C(=O)O)c1CCC(C)CC(C)(C)C)CC(C)(C)C. The minimum atomic E-state index is -0.977. The molecule has 1 aromatic rings. The topological polar surface area (TPSA) is 74.6 Å². The summed E-state index contributed by atoms with van der Waals surface area (Å²) in [5.74, 6) is -1.08. The zero-order valence-electron chi connectivity index (χ0n) is 20.3. The van der Waals surface area contributed by atoms with Gasteiger partial charge in [0, 0.05) is 0 Å². The molecule has 0 aliphatic rings. The summed E-state index contributed by atoms with van der Waals surface area (Å²) in [5, 5.41) is 19.5. The third-order valence-electron chi connectivity index (χ3n) is 5.59. The Morgan fingerprint density at radius 3 is 1.27 bits per heavy atom. The number of benzene rings is 1. The van der Waals surface area contributed by atoms with Gasteiger partial charge in [-0.3, -0.25) is 0 Å². The summed E-state index contributed by atoms with van der Waals surface area (Å²) in [6.45, 7) is 17.6. The van der Waals surface area contributed by atoms with Gasteiger partial charge in [-0.05, 0) is 84.5 Å². The highest BCUT2D eigenvalue weighted by atomic mass is 16.4. The Morgan fingerprint density at radius 2 is 1.03 bits per heavy atom. The van der Waals surface area contributed by atoms with Gasteiger partial charge in [0.15, 0.2) is 0 Å². The predicted octanol–water partition coefficient (Wildman–Crippen LogP) is 7.09. The Balaban J connectivity index is 3.22. The smallest absolute Gasteiger partial charge is 0.335 e. The predicted molar refractivity (Wildman–Crippen MR) is 123 cm³/mol. The van der Waals surface area contributed by atoms with Gasteiger partial charge in [0.2, 0.25) is 0 Å². The molecule has 0 aromatic heterocycles. The summed E-state index contributed by atoms with van der Waals surface area (Å²) in [5.41, 5.74) is 2.35. The highest BCUT2D eigenvalue weighted by Gasteiger charge is 2.23. The molecule has 4 heteroatoms. The maximum absolute atomic E-state index is 11.9. The summed E-state index contributed by atoms with van der Waals surface area (Å²) in [4.78, 5) is 23.8. The third kappa shape index (κ3) is 8.89. The van der Waals surface area contributed by atoms with Crippen molar-refractivity contribution in [2.24, 2.45) is 22.7 Å². The fourth-order valence-corrected chi connectivity index (χ4v) is 4.74. The molecule has 0 saturated carbocycles. The Kier molecular flexibility index (Phi) is 9.13. The highest BCUT2D eigenvalue weighted by Crippen LogP contribution is 2.31. The molecule has 0 aliphatic heterocycles. The molecule has 0 fully saturated rings. The maximum atomic E-state index is 11.9. The molecule has 0 saturated heterocycles. The molecule has 4 nitrogen and oxygen atoms in total. The molecule has 0 radical (unpaired) electrons. The van der Waals surface area contributed by atoms with Crippen LogP contribution in [0.5, 0.6) is 0 Å². The average molecular weight is 419 g/mol. The van der Waals surface area contributed by atoms with E-state index in [1.165, 1.54) is 12.1 Å². The lowest BCUT2D eigenvalue weighted by molar-refractivity contribution is 0.0678. The van der Waals surface area contributed by atoms with Crippen molar-refractivity contribution in [2.45, 2.75) is 93.9 Å². The summed E-state index contributed by atoms with van der Waals surface area (Å²) >= 11 is 0. The van der Waals surface area contributed by atoms with E-state index in [4.69, 9.17) is 0 Å². The minimum absolute atomic E-state index is 0.211. The van der Waals surface area contributed by atoms with Crippen LogP contribution in [0.1, 0.15) is 113 Å². The van der Waals surface area contributed by atoms with Gasteiger partial charge < -0.3 is 10.2 Å². The van der Waals surface area contributed by atoms with Crippen LogP contribution in [-0.4, -0.2) is 22.2 Å².